The van der Waals surface area contributed by atoms with Crippen molar-refractivity contribution in [3.8, 4) is 11.5 Å². The Morgan fingerprint density at radius 2 is 1.43 bits per heavy atom. The van der Waals surface area contributed by atoms with Crippen LogP contribution in [-0.2, 0) is 4.43 Å². The molecule has 0 radical (unpaired) electrons. The third-order valence-electron chi connectivity index (χ3n) is 5.07. The highest BCUT2D eigenvalue weighted by molar-refractivity contribution is 6.99. The second-order valence-corrected chi connectivity index (χ2v) is 18.8. The maximum Gasteiger partial charge on any atom is 0.262 e. The fourth-order valence-electron chi connectivity index (χ4n) is 3.65. The van der Waals surface area contributed by atoms with Gasteiger partial charge in [-0.15, -0.1) is 12.1 Å². The second kappa shape index (κ2) is 9.93. The van der Waals surface area contributed by atoms with Crippen LogP contribution < -0.4 is 10.4 Å². The Hall–Kier alpha value is -1.91. The van der Waals surface area contributed by atoms with Gasteiger partial charge in [-0.25, -0.2) is 0 Å². The third kappa shape index (κ3) is 6.05. The zero-order valence-electron chi connectivity index (χ0n) is 19.3. The minimum atomic E-state index is -2.72. The lowest BCUT2D eigenvalue weighted by Crippen LogP contribution is -2.67. The molecule has 160 valence electrons. The van der Waals surface area contributed by atoms with E-state index in [4.69, 9.17) is 4.43 Å². The van der Waals surface area contributed by atoms with Gasteiger partial charge in [-0.05, 0) is 15.4 Å². The van der Waals surface area contributed by atoms with Gasteiger partial charge in [0, 0.05) is 6.42 Å². The number of hydrogen-bond donors (Lipinski definition) is 1. The summed E-state index contributed by atoms with van der Waals surface area (Å²) in [6, 6.07) is 21.1. The number of rotatable bonds is 7. The molecular formula is C26H36O2Si2. The molecule has 2 aromatic carbocycles. The minimum absolute atomic E-state index is 0.131. The standard InChI is InChI=1S/C26H36O2Si2/c1-8-22(27)21-23(19-20-29(5,6)7)28-30(26(2,3)4,24-15-11-9-12-16-24)25-17-13-10-14-18-25/h8-18,22-23,27H,1,21H2,2-7H3/t22-,23+/m1/s1. The summed E-state index contributed by atoms with van der Waals surface area (Å²) < 4.78 is 7.12. The zero-order chi connectivity index (χ0) is 22.4. The maximum atomic E-state index is 10.4. The van der Waals surface area contributed by atoms with Crippen LogP contribution in [0.3, 0.4) is 0 Å². The van der Waals surface area contributed by atoms with E-state index in [-0.39, 0.29) is 11.1 Å². The summed E-state index contributed by atoms with van der Waals surface area (Å²) in [6.07, 6.45) is 0.976. The van der Waals surface area contributed by atoms with E-state index < -0.39 is 22.5 Å². The van der Waals surface area contributed by atoms with Crippen LogP contribution in [0.25, 0.3) is 0 Å². The van der Waals surface area contributed by atoms with Crippen molar-refractivity contribution in [1.29, 1.82) is 0 Å². The van der Waals surface area contributed by atoms with Gasteiger partial charge in [0.1, 0.15) is 14.2 Å². The third-order valence-corrected chi connectivity index (χ3v) is 11.0. The second-order valence-electron chi connectivity index (χ2n) is 9.83. The first-order chi connectivity index (χ1) is 14.0. The molecular weight excluding hydrogens is 400 g/mol. The van der Waals surface area contributed by atoms with Gasteiger partial charge >= 0.3 is 0 Å². The van der Waals surface area contributed by atoms with Gasteiger partial charge in [0.05, 0.1) is 6.10 Å². The van der Waals surface area contributed by atoms with E-state index in [0.29, 0.717) is 6.42 Å². The highest BCUT2D eigenvalue weighted by Crippen LogP contribution is 2.37. The number of benzene rings is 2. The Kier molecular flexibility index (Phi) is 8.07. The Balaban J connectivity index is 2.70. The minimum Gasteiger partial charge on any atom is -0.394 e. The van der Waals surface area contributed by atoms with Gasteiger partial charge in [0.2, 0.25) is 0 Å². The summed E-state index contributed by atoms with van der Waals surface area (Å²) in [4.78, 5) is 0. The van der Waals surface area contributed by atoms with E-state index in [1.807, 2.05) is 12.1 Å². The number of hydrogen-bond acceptors (Lipinski definition) is 2. The fourth-order valence-corrected chi connectivity index (χ4v) is 8.84. The monoisotopic (exact) mass is 436 g/mol. The van der Waals surface area contributed by atoms with E-state index in [9.17, 15) is 5.11 Å². The normalized spacial score (nSPS) is 14.4. The number of aliphatic hydroxyl groups excluding tert-OH is 1. The Morgan fingerprint density at radius 3 is 1.80 bits per heavy atom. The van der Waals surface area contributed by atoms with Gasteiger partial charge in [-0.2, -0.15) is 0 Å². The van der Waals surface area contributed by atoms with Crippen LogP contribution in [0.1, 0.15) is 27.2 Å². The summed E-state index contributed by atoms with van der Waals surface area (Å²) in [7, 11) is -4.31. The summed E-state index contributed by atoms with van der Waals surface area (Å²) in [5.41, 5.74) is 3.47. The van der Waals surface area contributed by atoms with Crippen LogP contribution in [0.4, 0.5) is 0 Å². The summed E-state index contributed by atoms with van der Waals surface area (Å²) in [5.74, 6) is 3.41. The Bertz CT molecular complexity index is 829. The first-order valence-corrected chi connectivity index (χ1v) is 16.0. The van der Waals surface area contributed by atoms with Gasteiger partial charge < -0.3 is 9.53 Å². The van der Waals surface area contributed by atoms with Crippen LogP contribution in [-0.4, -0.2) is 33.7 Å². The summed E-state index contributed by atoms with van der Waals surface area (Å²) in [6.45, 7) is 17.2. The molecule has 0 heterocycles. The topological polar surface area (TPSA) is 29.5 Å². The molecule has 0 spiro atoms. The van der Waals surface area contributed by atoms with Crippen LogP contribution in [0.5, 0.6) is 0 Å². The van der Waals surface area contributed by atoms with Crippen molar-refractivity contribution < 1.29 is 9.53 Å². The highest BCUT2D eigenvalue weighted by atomic mass is 28.4. The van der Waals surface area contributed by atoms with Crippen molar-refractivity contribution in [2.45, 2.75) is 64.1 Å². The SMILES string of the molecule is C=C[C@@H](O)C[C@H](C#C[Si](C)(C)C)O[Si](c1ccccc1)(c1ccccc1)C(C)(C)C. The first-order valence-electron chi connectivity index (χ1n) is 10.6. The molecule has 2 atom stereocenters. The molecule has 2 rings (SSSR count). The maximum absolute atomic E-state index is 10.4. The molecule has 0 fully saturated rings. The van der Waals surface area contributed by atoms with Crippen LogP contribution in [0.15, 0.2) is 73.3 Å². The molecule has 0 saturated heterocycles. The van der Waals surface area contributed by atoms with Crippen molar-refractivity contribution in [2.24, 2.45) is 0 Å². The first kappa shape index (κ1) is 24.4. The van der Waals surface area contributed by atoms with Gasteiger partial charge in [0.15, 0.2) is 0 Å². The van der Waals surface area contributed by atoms with Crippen molar-refractivity contribution in [3.05, 3.63) is 73.3 Å². The van der Waals surface area contributed by atoms with Crippen LogP contribution in [0.2, 0.25) is 24.7 Å². The molecule has 0 bridgehead atoms. The fraction of sp³-hybridized carbons (Fsp3) is 0.385. The van der Waals surface area contributed by atoms with Gasteiger partial charge in [0.25, 0.3) is 8.32 Å². The lowest BCUT2D eigenvalue weighted by atomic mass is 10.2. The van der Waals surface area contributed by atoms with Crippen molar-refractivity contribution in [2.75, 3.05) is 0 Å². The quantitative estimate of drug-likeness (QED) is 0.386. The zero-order valence-corrected chi connectivity index (χ0v) is 21.3. The molecule has 2 nitrogen and oxygen atoms in total. The average Bonchev–Trinajstić information content (AvgIpc) is 2.69. The molecule has 1 N–H and O–H groups in total. The van der Waals surface area contributed by atoms with Crippen LogP contribution >= 0.6 is 0 Å². The Labute approximate surface area is 185 Å². The average molecular weight is 437 g/mol. The molecule has 2 aromatic rings. The molecule has 30 heavy (non-hydrogen) atoms. The predicted molar refractivity (Wildman–Crippen MR) is 134 cm³/mol. The molecule has 0 unspecified atom stereocenters. The summed E-state index contributed by atoms with van der Waals surface area (Å²) in [5, 5.41) is 12.7. The largest absolute Gasteiger partial charge is 0.394 e. The predicted octanol–water partition coefficient (Wildman–Crippen LogP) is 4.75. The van der Waals surface area contributed by atoms with Crippen molar-refractivity contribution >= 4 is 26.8 Å². The molecule has 0 amide bonds. The van der Waals surface area contributed by atoms with E-state index >= 15 is 0 Å². The lowest BCUT2D eigenvalue weighted by molar-refractivity contribution is 0.145. The highest BCUT2D eigenvalue weighted by Gasteiger charge is 2.51. The van der Waals surface area contributed by atoms with E-state index in [1.54, 1.807) is 6.08 Å². The van der Waals surface area contributed by atoms with E-state index in [1.165, 1.54) is 10.4 Å². The lowest BCUT2D eigenvalue weighted by Gasteiger charge is -2.44. The van der Waals surface area contributed by atoms with Gasteiger partial charge in [-0.3, -0.25) is 0 Å². The molecule has 0 aliphatic rings. The van der Waals surface area contributed by atoms with Crippen molar-refractivity contribution in [3.63, 3.8) is 0 Å². The molecule has 4 heteroatoms. The summed E-state index contributed by atoms with van der Waals surface area (Å²) >= 11 is 0. The van der Waals surface area contributed by atoms with Gasteiger partial charge in [-0.1, -0.05) is 113 Å². The molecule has 0 aliphatic carbocycles. The van der Waals surface area contributed by atoms with Crippen molar-refractivity contribution in [1.82, 2.24) is 0 Å². The smallest absolute Gasteiger partial charge is 0.262 e. The Morgan fingerprint density at radius 1 is 0.967 bits per heavy atom. The number of aliphatic hydroxyl groups is 1. The van der Waals surface area contributed by atoms with Crippen LogP contribution in [0, 0.1) is 11.5 Å². The van der Waals surface area contributed by atoms with E-state index in [2.05, 4.69) is 107 Å². The molecule has 0 aliphatic heterocycles. The van der Waals surface area contributed by atoms with E-state index in [0.717, 1.165) is 0 Å². The molecule has 0 aromatic heterocycles. The molecule has 0 saturated carbocycles.